The van der Waals surface area contributed by atoms with Crippen molar-refractivity contribution in [1.82, 2.24) is 9.88 Å². The fourth-order valence-electron chi connectivity index (χ4n) is 4.48. The van der Waals surface area contributed by atoms with Crippen molar-refractivity contribution in [1.29, 1.82) is 0 Å². The third-order valence-corrected chi connectivity index (χ3v) is 5.77. The number of hydrogen-bond donors (Lipinski definition) is 1. The van der Waals surface area contributed by atoms with Crippen LogP contribution in [0.2, 0.25) is 0 Å². The second-order valence-corrected chi connectivity index (χ2v) is 7.27. The minimum Gasteiger partial charge on any atom is -0.395 e. The maximum atomic E-state index is 13.2. The number of aryl methyl sites for hydroxylation is 1. The van der Waals surface area contributed by atoms with Crippen molar-refractivity contribution >= 4 is 5.91 Å². The van der Waals surface area contributed by atoms with Crippen LogP contribution >= 0.6 is 0 Å². The number of amides is 1. The second kappa shape index (κ2) is 6.60. The minimum absolute atomic E-state index is 0.0116. The summed E-state index contributed by atoms with van der Waals surface area (Å²) in [6.45, 7) is 0.881. The zero-order chi connectivity index (χ0) is 17.3. The first kappa shape index (κ1) is 16.3. The lowest BCUT2D eigenvalue weighted by Crippen LogP contribution is -2.36. The number of hydrogen-bond acceptors (Lipinski definition) is 3. The van der Waals surface area contributed by atoms with E-state index in [1.165, 1.54) is 11.1 Å². The van der Waals surface area contributed by atoms with E-state index < -0.39 is 0 Å². The molecule has 0 aliphatic heterocycles. The van der Waals surface area contributed by atoms with Crippen molar-refractivity contribution in [3.8, 4) is 0 Å². The Kier molecular flexibility index (Phi) is 4.30. The molecule has 2 atom stereocenters. The summed E-state index contributed by atoms with van der Waals surface area (Å²) in [6.07, 6.45) is 7.84. The van der Waals surface area contributed by atoms with Gasteiger partial charge in [0.1, 0.15) is 0 Å². The number of benzene rings is 1. The first-order chi connectivity index (χ1) is 12.2. The van der Waals surface area contributed by atoms with Crippen LogP contribution in [0.3, 0.4) is 0 Å². The van der Waals surface area contributed by atoms with Gasteiger partial charge in [0.15, 0.2) is 0 Å². The first-order valence-electron chi connectivity index (χ1n) is 9.11. The Labute approximate surface area is 148 Å². The van der Waals surface area contributed by atoms with E-state index in [1.807, 2.05) is 12.1 Å². The van der Waals surface area contributed by atoms with Gasteiger partial charge in [0.2, 0.25) is 5.91 Å². The molecule has 4 heteroatoms. The van der Waals surface area contributed by atoms with Crippen LogP contribution in [0.4, 0.5) is 0 Å². The highest BCUT2D eigenvalue weighted by atomic mass is 16.3. The molecule has 1 fully saturated rings. The van der Waals surface area contributed by atoms with Crippen molar-refractivity contribution in [3.63, 3.8) is 0 Å². The standard InChI is InChI=1S/C21H24N2O2/c24-12-11-23(15-16-5-4-10-22-14-16)20(25)19-13-21(19)9-3-7-17-6-1-2-8-18(17)21/h1-2,4-6,8,10,14,19,24H,3,7,9,11-13,15H2. The maximum Gasteiger partial charge on any atom is 0.226 e. The van der Waals surface area contributed by atoms with Crippen LogP contribution in [0.15, 0.2) is 48.8 Å². The van der Waals surface area contributed by atoms with E-state index in [0.29, 0.717) is 13.1 Å². The average Bonchev–Trinajstić information content (AvgIpc) is 3.37. The van der Waals surface area contributed by atoms with Gasteiger partial charge in [-0.25, -0.2) is 0 Å². The van der Waals surface area contributed by atoms with Gasteiger partial charge in [0, 0.05) is 36.8 Å². The van der Waals surface area contributed by atoms with Gasteiger partial charge in [-0.1, -0.05) is 30.3 Å². The Morgan fingerprint density at radius 3 is 2.96 bits per heavy atom. The Morgan fingerprint density at radius 2 is 2.16 bits per heavy atom. The summed E-state index contributed by atoms with van der Waals surface area (Å²) in [6, 6.07) is 12.5. The van der Waals surface area contributed by atoms with Gasteiger partial charge >= 0.3 is 0 Å². The fraction of sp³-hybridized carbons (Fsp3) is 0.429. The van der Waals surface area contributed by atoms with Gasteiger partial charge in [0.25, 0.3) is 0 Å². The van der Waals surface area contributed by atoms with Crippen LogP contribution in [0.5, 0.6) is 0 Å². The van der Waals surface area contributed by atoms with Crippen LogP contribution < -0.4 is 0 Å². The number of aromatic nitrogens is 1. The van der Waals surface area contributed by atoms with Crippen LogP contribution in [-0.4, -0.2) is 34.0 Å². The highest BCUT2D eigenvalue weighted by molar-refractivity contribution is 5.85. The molecule has 0 saturated heterocycles. The second-order valence-electron chi connectivity index (χ2n) is 7.27. The quantitative estimate of drug-likeness (QED) is 0.913. The predicted octanol–water partition coefficient (Wildman–Crippen LogP) is 2.70. The molecule has 1 aromatic carbocycles. The molecular weight excluding hydrogens is 312 g/mol. The Morgan fingerprint density at radius 1 is 1.28 bits per heavy atom. The largest absolute Gasteiger partial charge is 0.395 e. The summed E-state index contributed by atoms with van der Waals surface area (Å²) < 4.78 is 0. The van der Waals surface area contributed by atoms with E-state index in [0.717, 1.165) is 31.2 Å². The van der Waals surface area contributed by atoms with E-state index in [1.54, 1.807) is 17.3 Å². The molecule has 1 heterocycles. The number of aliphatic hydroxyl groups excluding tert-OH is 1. The highest BCUT2D eigenvalue weighted by Crippen LogP contribution is 2.60. The smallest absolute Gasteiger partial charge is 0.226 e. The van der Waals surface area contributed by atoms with Gasteiger partial charge in [-0.15, -0.1) is 0 Å². The Bertz CT molecular complexity index is 762. The molecule has 25 heavy (non-hydrogen) atoms. The average molecular weight is 336 g/mol. The lowest BCUT2D eigenvalue weighted by molar-refractivity contribution is -0.134. The molecule has 2 unspecified atom stereocenters. The van der Waals surface area contributed by atoms with Crippen LogP contribution in [-0.2, 0) is 23.2 Å². The van der Waals surface area contributed by atoms with Crippen molar-refractivity contribution in [2.24, 2.45) is 5.92 Å². The first-order valence-corrected chi connectivity index (χ1v) is 9.11. The summed E-state index contributed by atoms with van der Waals surface area (Å²) in [5, 5.41) is 9.42. The van der Waals surface area contributed by atoms with E-state index in [2.05, 4.69) is 29.2 Å². The summed E-state index contributed by atoms with van der Waals surface area (Å²) in [7, 11) is 0. The molecule has 4 rings (SSSR count). The number of carbonyl (C=O) groups is 1. The van der Waals surface area contributed by atoms with Crippen LogP contribution in [0.1, 0.15) is 36.0 Å². The molecule has 2 aliphatic carbocycles. The van der Waals surface area contributed by atoms with Crippen molar-refractivity contribution in [3.05, 3.63) is 65.5 Å². The molecule has 1 aromatic heterocycles. The summed E-state index contributed by atoms with van der Waals surface area (Å²) >= 11 is 0. The molecule has 1 N–H and O–H groups in total. The molecule has 130 valence electrons. The van der Waals surface area contributed by atoms with E-state index in [4.69, 9.17) is 0 Å². The number of fused-ring (bicyclic) bond motifs is 2. The molecule has 1 saturated carbocycles. The molecule has 1 spiro atoms. The summed E-state index contributed by atoms with van der Waals surface area (Å²) in [5.74, 6) is 0.228. The molecule has 0 radical (unpaired) electrons. The zero-order valence-electron chi connectivity index (χ0n) is 14.4. The zero-order valence-corrected chi connectivity index (χ0v) is 14.4. The Hall–Kier alpha value is -2.20. The number of aliphatic hydroxyl groups is 1. The summed E-state index contributed by atoms with van der Waals surface area (Å²) in [5.41, 5.74) is 3.83. The van der Waals surface area contributed by atoms with Gasteiger partial charge in [-0.3, -0.25) is 9.78 Å². The Balaban J connectivity index is 1.55. The van der Waals surface area contributed by atoms with Crippen LogP contribution in [0.25, 0.3) is 0 Å². The predicted molar refractivity (Wildman–Crippen MR) is 95.9 cm³/mol. The topological polar surface area (TPSA) is 53.4 Å². The third-order valence-electron chi connectivity index (χ3n) is 5.77. The van der Waals surface area contributed by atoms with Gasteiger partial charge in [-0.2, -0.15) is 0 Å². The summed E-state index contributed by atoms with van der Waals surface area (Å²) in [4.78, 5) is 19.1. The SMILES string of the molecule is O=C(C1CC12CCCc1ccccc12)N(CCO)Cc1cccnc1. The van der Waals surface area contributed by atoms with Gasteiger partial charge in [0.05, 0.1) is 6.61 Å². The normalized spacial score (nSPS) is 24.0. The lowest BCUT2D eigenvalue weighted by atomic mass is 9.78. The number of pyridine rings is 1. The lowest BCUT2D eigenvalue weighted by Gasteiger charge is -2.28. The monoisotopic (exact) mass is 336 g/mol. The van der Waals surface area contributed by atoms with E-state index >= 15 is 0 Å². The number of rotatable bonds is 5. The number of carbonyl (C=O) groups excluding carboxylic acids is 1. The molecular formula is C21H24N2O2. The van der Waals surface area contributed by atoms with Crippen molar-refractivity contribution in [2.75, 3.05) is 13.2 Å². The maximum absolute atomic E-state index is 13.2. The number of nitrogens with zero attached hydrogens (tertiary/aromatic N) is 2. The fourth-order valence-corrected chi connectivity index (χ4v) is 4.48. The minimum atomic E-state index is -0.0116. The molecule has 4 nitrogen and oxygen atoms in total. The van der Waals surface area contributed by atoms with Gasteiger partial charge in [-0.05, 0) is 48.4 Å². The van der Waals surface area contributed by atoms with E-state index in [9.17, 15) is 9.90 Å². The van der Waals surface area contributed by atoms with Crippen molar-refractivity contribution < 1.29 is 9.90 Å². The molecule has 1 amide bonds. The molecule has 2 aliphatic rings. The van der Waals surface area contributed by atoms with E-state index in [-0.39, 0.29) is 23.8 Å². The van der Waals surface area contributed by atoms with Gasteiger partial charge < -0.3 is 10.0 Å². The third kappa shape index (κ3) is 2.95. The molecule has 2 aromatic rings. The van der Waals surface area contributed by atoms with Crippen LogP contribution in [0, 0.1) is 5.92 Å². The van der Waals surface area contributed by atoms with Crippen molar-refractivity contribution in [2.45, 2.75) is 37.6 Å². The highest BCUT2D eigenvalue weighted by Gasteiger charge is 2.60. The molecule has 0 bridgehead atoms.